The molecule has 0 aliphatic carbocycles. The molecule has 2 aromatic carbocycles. The number of aromatic nitrogens is 3. The van der Waals surface area contributed by atoms with E-state index in [1.165, 1.54) is 0 Å². The molecule has 0 spiro atoms. The van der Waals surface area contributed by atoms with E-state index >= 15 is 0 Å². The van der Waals surface area contributed by atoms with Crippen molar-refractivity contribution in [3.05, 3.63) is 81.5 Å². The molecule has 1 unspecified atom stereocenters. The van der Waals surface area contributed by atoms with Crippen LogP contribution in [0, 0.1) is 5.92 Å². The van der Waals surface area contributed by atoms with Crippen LogP contribution in [0.5, 0.6) is 0 Å². The Morgan fingerprint density at radius 3 is 2.39 bits per heavy atom. The first kappa shape index (κ1) is 24.3. The molecule has 2 fully saturated rings. The molecule has 0 saturated carbocycles. The van der Waals surface area contributed by atoms with Crippen molar-refractivity contribution in [1.82, 2.24) is 19.2 Å². The van der Waals surface area contributed by atoms with Crippen molar-refractivity contribution < 1.29 is 9.59 Å². The molecule has 0 bridgehead atoms. The van der Waals surface area contributed by atoms with E-state index in [9.17, 15) is 14.4 Å². The summed E-state index contributed by atoms with van der Waals surface area (Å²) in [6.45, 7) is 4.54. The molecule has 0 N–H and O–H groups in total. The van der Waals surface area contributed by atoms with Gasteiger partial charge in [0.2, 0.25) is 11.8 Å². The molecule has 1 atom stereocenters. The predicted octanol–water partition coefficient (Wildman–Crippen LogP) is 3.53. The number of carbonyl (C=O) groups is 2. The maximum Gasteiger partial charge on any atom is 0.346 e. The third-order valence-corrected chi connectivity index (χ3v) is 7.48. The molecule has 188 valence electrons. The Bertz CT molecular complexity index is 1290. The molecule has 5 rings (SSSR count). The van der Waals surface area contributed by atoms with Gasteiger partial charge in [-0.25, -0.2) is 9.48 Å². The minimum absolute atomic E-state index is 0.0285. The standard InChI is InChI=1S/C27H30ClN5O3/c1-2-31-25(29-33(27(31)36)17-19-6-4-3-5-7-19)20-12-14-30(15-13-20)26(35)21-16-24(34)32(18-21)23-10-8-22(28)9-11-23/h3-11,20-21H,2,12-18H2,1H3. The maximum atomic E-state index is 13.3. The molecule has 1 aromatic heterocycles. The first-order valence-corrected chi connectivity index (χ1v) is 12.9. The molecular formula is C27H30ClN5O3. The fourth-order valence-corrected chi connectivity index (χ4v) is 5.40. The highest BCUT2D eigenvalue weighted by molar-refractivity contribution is 6.30. The second-order valence-corrected chi connectivity index (χ2v) is 9.95. The van der Waals surface area contributed by atoms with Gasteiger partial charge in [0.05, 0.1) is 12.5 Å². The number of anilines is 1. The van der Waals surface area contributed by atoms with Crippen LogP contribution < -0.4 is 10.6 Å². The lowest BCUT2D eigenvalue weighted by Gasteiger charge is -2.33. The minimum atomic E-state index is -0.344. The number of hydrogen-bond donors (Lipinski definition) is 0. The van der Waals surface area contributed by atoms with Gasteiger partial charge in [0.1, 0.15) is 5.82 Å². The lowest BCUT2D eigenvalue weighted by Crippen LogP contribution is -2.42. The monoisotopic (exact) mass is 507 g/mol. The zero-order valence-corrected chi connectivity index (χ0v) is 21.1. The number of halogens is 1. The van der Waals surface area contributed by atoms with Crippen molar-refractivity contribution >= 4 is 29.1 Å². The summed E-state index contributed by atoms with van der Waals surface area (Å²) in [5.74, 6) is 0.566. The van der Waals surface area contributed by atoms with Gasteiger partial charge >= 0.3 is 5.69 Å². The first-order valence-electron chi connectivity index (χ1n) is 12.5. The molecule has 9 heteroatoms. The van der Waals surface area contributed by atoms with E-state index in [2.05, 4.69) is 0 Å². The lowest BCUT2D eigenvalue weighted by atomic mass is 9.94. The average Bonchev–Trinajstić information content (AvgIpc) is 3.44. The van der Waals surface area contributed by atoms with Gasteiger partial charge in [0, 0.05) is 49.2 Å². The smallest absolute Gasteiger partial charge is 0.342 e. The van der Waals surface area contributed by atoms with Gasteiger partial charge in [-0.05, 0) is 49.6 Å². The van der Waals surface area contributed by atoms with Crippen LogP contribution in [-0.2, 0) is 22.7 Å². The summed E-state index contributed by atoms with van der Waals surface area (Å²) in [5.41, 5.74) is 1.70. The number of carbonyl (C=O) groups excluding carboxylic acids is 2. The fraction of sp³-hybridized carbons (Fsp3) is 0.407. The van der Waals surface area contributed by atoms with Crippen molar-refractivity contribution in [1.29, 1.82) is 0 Å². The summed E-state index contributed by atoms with van der Waals surface area (Å²) in [4.78, 5) is 42.4. The second-order valence-electron chi connectivity index (χ2n) is 9.51. The summed E-state index contributed by atoms with van der Waals surface area (Å²) in [6.07, 6.45) is 1.71. The van der Waals surface area contributed by atoms with Gasteiger partial charge < -0.3 is 9.80 Å². The van der Waals surface area contributed by atoms with E-state index in [1.807, 2.05) is 54.3 Å². The van der Waals surface area contributed by atoms with E-state index in [1.54, 1.807) is 26.3 Å². The van der Waals surface area contributed by atoms with Crippen LogP contribution in [0.15, 0.2) is 59.4 Å². The van der Waals surface area contributed by atoms with E-state index in [0.29, 0.717) is 37.7 Å². The van der Waals surface area contributed by atoms with E-state index in [4.69, 9.17) is 16.7 Å². The van der Waals surface area contributed by atoms with Crippen molar-refractivity contribution in [2.45, 2.75) is 45.2 Å². The third-order valence-electron chi connectivity index (χ3n) is 7.23. The van der Waals surface area contributed by atoms with Crippen molar-refractivity contribution in [3.8, 4) is 0 Å². The number of hydrogen-bond acceptors (Lipinski definition) is 4. The third kappa shape index (κ3) is 4.82. The number of benzene rings is 2. The van der Waals surface area contributed by atoms with Gasteiger partial charge in [0.15, 0.2) is 0 Å². The molecular weight excluding hydrogens is 478 g/mol. The molecule has 8 nitrogen and oxygen atoms in total. The maximum absolute atomic E-state index is 13.3. The van der Waals surface area contributed by atoms with E-state index in [0.717, 1.165) is 29.9 Å². The zero-order chi connectivity index (χ0) is 25.2. The Morgan fingerprint density at radius 2 is 1.72 bits per heavy atom. The molecule has 2 aliphatic heterocycles. The molecule has 2 amide bonds. The van der Waals surface area contributed by atoms with Crippen LogP contribution in [0.4, 0.5) is 5.69 Å². The molecule has 2 saturated heterocycles. The highest BCUT2D eigenvalue weighted by atomic mass is 35.5. The van der Waals surface area contributed by atoms with Gasteiger partial charge in [-0.15, -0.1) is 0 Å². The number of rotatable bonds is 6. The minimum Gasteiger partial charge on any atom is -0.342 e. The molecule has 3 aromatic rings. The summed E-state index contributed by atoms with van der Waals surface area (Å²) in [7, 11) is 0. The Kier molecular flexibility index (Phi) is 6.96. The van der Waals surface area contributed by atoms with Crippen molar-refractivity contribution in [3.63, 3.8) is 0 Å². The average molecular weight is 508 g/mol. The Labute approximate surface area is 215 Å². The predicted molar refractivity (Wildman–Crippen MR) is 138 cm³/mol. The van der Waals surface area contributed by atoms with Crippen LogP contribution in [-0.4, -0.2) is 50.7 Å². The SMILES string of the molecule is CCn1c(C2CCN(C(=O)C3CC(=O)N(c4ccc(Cl)cc4)C3)CC2)nn(Cc2ccccc2)c1=O. The Morgan fingerprint density at radius 1 is 1.03 bits per heavy atom. The van der Waals surface area contributed by atoms with Crippen LogP contribution in [0.1, 0.15) is 43.5 Å². The molecule has 2 aliphatic rings. The van der Waals surface area contributed by atoms with Crippen LogP contribution in [0.2, 0.25) is 5.02 Å². The summed E-state index contributed by atoms with van der Waals surface area (Å²) < 4.78 is 3.30. The van der Waals surface area contributed by atoms with Crippen LogP contribution >= 0.6 is 11.6 Å². The van der Waals surface area contributed by atoms with E-state index in [-0.39, 0.29) is 35.8 Å². The lowest BCUT2D eigenvalue weighted by molar-refractivity contribution is -0.136. The molecule has 0 radical (unpaired) electrons. The summed E-state index contributed by atoms with van der Waals surface area (Å²) >= 11 is 5.97. The fourth-order valence-electron chi connectivity index (χ4n) is 5.28. The summed E-state index contributed by atoms with van der Waals surface area (Å²) in [5, 5.41) is 5.32. The van der Waals surface area contributed by atoms with Crippen LogP contribution in [0.25, 0.3) is 0 Å². The number of amides is 2. The van der Waals surface area contributed by atoms with Gasteiger partial charge in [-0.1, -0.05) is 41.9 Å². The second kappa shape index (κ2) is 10.3. The summed E-state index contributed by atoms with van der Waals surface area (Å²) in [6, 6.07) is 17.0. The van der Waals surface area contributed by atoms with Gasteiger partial charge in [-0.3, -0.25) is 14.2 Å². The molecule has 3 heterocycles. The quantitative estimate of drug-likeness (QED) is 0.511. The Balaban J connectivity index is 1.23. The number of nitrogens with zero attached hydrogens (tertiary/aromatic N) is 5. The highest BCUT2D eigenvalue weighted by Crippen LogP contribution is 2.31. The Hall–Kier alpha value is -3.39. The van der Waals surface area contributed by atoms with Crippen molar-refractivity contribution in [2.75, 3.05) is 24.5 Å². The number of piperidine rings is 1. The van der Waals surface area contributed by atoms with Gasteiger partial charge in [0.25, 0.3) is 0 Å². The first-order chi connectivity index (χ1) is 17.4. The topological polar surface area (TPSA) is 80.4 Å². The number of likely N-dealkylation sites (tertiary alicyclic amines) is 1. The highest BCUT2D eigenvalue weighted by Gasteiger charge is 2.38. The molecule has 36 heavy (non-hydrogen) atoms. The van der Waals surface area contributed by atoms with Crippen LogP contribution in [0.3, 0.4) is 0 Å². The van der Waals surface area contributed by atoms with Crippen molar-refractivity contribution in [2.24, 2.45) is 5.92 Å². The normalized spacial score (nSPS) is 18.7. The van der Waals surface area contributed by atoms with E-state index < -0.39 is 0 Å². The van der Waals surface area contributed by atoms with Gasteiger partial charge in [-0.2, -0.15) is 5.10 Å². The zero-order valence-electron chi connectivity index (χ0n) is 20.3. The largest absolute Gasteiger partial charge is 0.346 e.